The molecule has 0 spiro atoms. The van der Waals surface area contributed by atoms with E-state index in [1.54, 1.807) is 36.4 Å². The zero-order valence-electron chi connectivity index (χ0n) is 10.7. The van der Waals surface area contributed by atoms with Crippen LogP contribution < -0.4 is 11.1 Å². The van der Waals surface area contributed by atoms with Gasteiger partial charge in [-0.2, -0.15) is 0 Å². The van der Waals surface area contributed by atoms with Crippen molar-refractivity contribution in [1.82, 2.24) is 0 Å². The lowest BCUT2D eigenvalue weighted by Crippen LogP contribution is -2.14. The molecule has 0 aromatic heterocycles. The molecular weight excluding hydrogens is 351 g/mol. The van der Waals surface area contributed by atoms with Gasteiger partial charge in [0.25, 0.3) is 0 Å². The number of amides is 1. The Morgan fingerprint density at radius 2 is 1.86 bits per heavy atom. The molecule has 0 heterocycles. The van der Waals surface area contributed by atoms with Crippen molar-refractivity contribution in [3.63, 3.8) is 0 Å². The third kappa shape index (κ3) is 4.71. The molecule has 0 aliphatic heterocycles. The fourth-order valence-electron chi connectivity index (χ4n) is 1.57. The SMILES string of the molecule is Nc1cc(Cl)ccc1SCC(=O)Nc1ccc(Cl)c(Cl)c1. The van der Waals surface area contributed by atoms with E-state index in [4.69, 9.17) is 40.5 Å². The number of hydrogen-bond acceptors (Lipinski definition) is 3. The third-order valence-corrected chi connectivity index (χ3v) is 4.60. The summed E-state index contributed by atoms with van der Waals surface area (Å²) < 4.78 is 0. The number of carbonyl (C=O) groups is 1. The van der Waals surface area contributed by atoms with E-state index in [1.165, 1.54) is 11.8 Å². The number of hydrogen-bond donors (Lipinski definition) is 2. The van der Waals surface area contributed by atoms with Crippen LogP contribution in [0.25, 0.3) is 0 Å². The summed E-state index contributed by atoms with van der Waals surface area (Å²) in [5.41, 5.74) is 6.97. The summed E-state index contributed by atoms with van der Waals surface area (Å²) in [5.74, 6) is 0.0688. The van der Waals surface area contributed by atoms with Crippen LogP contribution in [0.2, 0.25) is 15.1 Å². The van der Waals surface area contributed by atoms with Crippen LogP contribution in [-0.4, -0.2) is 11.7 Å². The Balaban J connectivity index is 1.94. The highest BCUT2D eigenvalue weighted by atomic mass is 35.5. The average Bonchev–Trinajstić information content (AvgIpc) is 2.42. The van der Waals surface area contributed by atoms with Gasteiger partial charge >= 0.3 is 0 Å². The third-order valence-electron chi connectivity index (χ3n) is 2.53. The van der Waals surface area contributed by atoms with Crippen LogP contribution in [-0.2, 0) is 4.79 Å². The maximum atomic E-state index is 11.9. The Kier molecular flexibility index (Phi) is 5.65. The van der Waals surface area contributed by atoms with E-state index in [1.807, 2.05) is 0 Å². The highest BCUT2D eigenvalue weighted by Crippen LogP contribution is 2.28. The van der Waals surface area contributed by atoms with Gasteiger partial charge in [-0.25, -0.2) is 0 Å². The zero-order chi connectivity index (χ0) is 15.4. The minimum absolute atomic E-state index is 0.160. The van der Waals surface area contributed by atoms with Gasteiger partial charge < -0.3 is 11.1 Å². The van der Waals surface area contributed by atoms with Gasteiger partial charge in [0.2, 0.25) is 5.91 Å². The predicted molar refractivity (Wildman–Crippen MR) is 91.7 cm³/mol. The molecule has 3 N–H and O–H groups in total. The van der Waals surface area contributed by atoms with Gasteiger partial charge in [-0.1, -0.05) is 34.8 Å². The first-order valence-electron chi connectivity index (χ1n) is 5.88. The van der Waals surface area contributed by atoms with E-state index in [-0.39, 0.29) is 11.7 Å². The predicted octanol–water partition coefficient (Wildman–Crippen LogP) is 4.96. The zero-order valence-corrected chi connectivity index (χ0v) is 13.8. The van der Waals surface area contributed by atoms with Gasteiger partial charge in [0.15, 0.2) is 0 Å². The molecular formula is C14H11Cl3N2OS. The molecule has 0 aliphatic rings. The summed E-state index contributed by atoms with van der Waals surface area (Å²) >= 11 is 18.9. The fraction of sp³-hybridized carbons (Fsp3) is 0.0714. The van der Waals surface area contributed by atoms with Crippen molar-refractivity contribution in [3.8, 4) is 0 Å². The molecule has 7 heteroatoms. The number of benzene rings is 2. The average molecular weight is 362 g/mol. The second-order valence-electron chi connectivity index (χ2n) is 4.15. The van der Waals surface area contributed by atoms with Crippen molar-refractivity contribution in [1.29, 1.82) is 0 Å². The minimum Gasteiger partial charge on any atom is -0.398 e. The van der Waals surface area contributed by atoms with Crippen molar-refractivity contribution in [3.05, 3.63) is 51.5 Å². The van der Waals surface area contributed by atoms with Gasteiger partial charge in [0, 0.05) is 21.3 Å². The van der Waals surface area contributed by atoms with E-state index in [0.29, 0.717) is 26.4 Å². The Hall–Kier alpha value is -1.07. The van der Waals surface area contributed by atoms with Gasteiger partial charge in [-0.3, -0.25) is 4.79 Å². The summed E-state index contributed by atoms with van der Waals surface area (Å²) in [5, 5.41) is 4.14. The standard InChI is InChI=1S/C14H11Cl3N2OS/c15-8-1-4-13(12(18)5-8)21-7-14(20)19-9-2-3-10(16)11(17)6-9/h1-6H,7,18H2,(H,19,20). The van der Waals surface area contributed by atoms with Crippen LogP contribution in [0.5, 0.6) is 0 Å². The van der Waals surface area contributed by atoms with E-state index >= 15 is 0 Å². The molecule has 110 valence electrons. The Bertz CT molecular complexity index is 679. The smallest absolute Gasteiger partial charge is 0.234 e. The second-order valence-corrected chi connectivity index (χ2v) is 6.42. The molecule has 2 rings (SSSR count). The van der Waals surface area contributed by atoms with Gasteiger partial charge in [0.05, 0.1) is 15.8 Å². The van der Waals surface area contributed by atoms with Crippen LogP contribution in [0.15, 0.2) is 41.3 Å². The number of nitrogens with one attached hydrogen (secondary N) is 1. The lowest BCUT2D eigenvalue weighted by Gasteiger charge is -2.08. The van der Waals surface area contributed by atoms with Crippen LogP contribution in [0.4, 0.5) is 11.4 Å². The summed E-state index contributed by atoms with van der Waals surface area (Å²) in [6.07, 6.45) is 0. The first-order valence-corrected chi connectivity index (χ1v) is 8.00. The molecule has 0 bridgehead atoms. The maximum Gasteiger partial charge on any atom is 0.234 e. The molecule has 0 radical (unpaired) electrons. The molecule has 1 amide bonds. The highest BCUT2D eigenvalue weighted by molar-refractivity contribution is 8.00. The summed E-state index contributed by atoms with van der Waals surface area (Å²) in [7, 11) is 0. The van der Waals surface area contributed by atoms with Crippen LogP contribution in [0.3, 0.4) is 0 Å². The van der Waals surface area contributed by atoms with E-state index in [2.05, 4.69) is 5.32 Å². The van der Waals surface area contributed by atoms with E-state index < -0.39 is 0 Å². The normalized spacial score (nSPS) is 10.4. The quantitative estimate of drug-likeness (QED) is 0.598. The number of thioether (sulfide) groups is 1. The van der Waals surface area contributed by atoms with Crippen molar-refractivity contribution in [2.45, 2.75) is 4.90 Å². The molecule has 0 saturated heterocycles. The number of halogens is 3. The topological polar surface area (TPSA) is 55.1 Å². The monoisotopic (exact) mass is 360 g/mol. The second kappa shape index (κ2) is 7.27. The first kappa shape index (κ1) is 16.3. The van der Waals surface area contributed by atoms with Crippen molar-refractivity contribution in [2.24, 2.45) is 0 Å². The highest BCUT2D eigenvalue weighted by Gasteiger charge is 2.07. The van der Waals surface area contributed by atoms with E-state index in [0.717, 1.165) is 4.90 Å². The molecule has 2 aromatic rings. The molecule has 0 unspecified atom stereocenters. The molecule has 0 saturated carbocycles. The first-order chi connectivity index (χ1) is 9.95. The van der Waals surface area contributed by atoms with Crippen molar-refractivity contribution >= 4 is 63.8 Å². The summed E-state index contributed by atoms with van der Waals surface area (Å²) in [4.78, 5) is 12.7. The summed E-state index contributed by atoms with van der Waals surface area (Å²) in [6, 6.07) is 10.1. The maximum absolute atomic E-state index is 11.9. The van der Waals surface area contributed by atoms with Gasteiger partial charge in [-0.15, -0.1) is 11.8 Å². The Morgan fingerprint density at radius 3 is 2.52 bits per heavy atom. The number of anilines is 2. The van der Waals surface area contributed by atoms with Crippen LogP contribution in [0.1, 0.15) is 0 Å². The Morgan fingerprint density at radius 1 is 1.10 bits per heavy atom. The summed E-state index contributed by atoms with van der Waals surface area (Å²) in [6.45, 7) is 0. The largest absolute Gasteiger partial charge is 0.398 e. The van der Waals surface area contributed by atoms with E-state index in [9.17, 15) is 4.79 Å². The van der Waals surface area contributed by atoms with Crippen molar-refractivity contribution in [2.75, 3.05) is 16.8 Å². The Labute approximate surface area is 141 Å². The van der Waals surface area contributed by atoms with Crippen LogP contribution in [0, 0.1) is 0 Å². The molecule has 0 aliphatic carbocycles. The van der Waals surface area contributed by atoms with Gasteiger partial charge in [0.1, 0.15) is 0 Å². The lowest BCUT2D eigenvalue weighted by molar-refractivity contribution is -0.113. The lowest BCUT2D eigenvalue weighted by atomic mass is 10.3. The molecule has 3 nitrogen and oxygen atoms in total. The number of carbonyl (C=O) groups excluding carboxylic acids is 1. The van der Waals surface area contributed by atoms with Crippen molar-refractivity contribution < 1.29 is 4.79 Å². The molecule has 0 fully saturated rings. The number of nitrogen functional groups attached to an aromatic ring is 1. The number of rotatable bonds is 4. The number of nitrogens with two attached hydrogens (primary N) is 1. The molecule has 0 atom stereocenters. The fourth-order valence-corrected chi connectivity index (χ4v) is 2.79. The molecule has 21 heavy (non-hydrogen) atoms. The minimum atomic E-state index is -0.160. The van der Waals surface area contributed by atoms with Gasteiger partial charge in [-0.05, 0) is 36.4 Å². The van der Waals surface area contributed by atoms with Crippen LogP contribution >= 0.6 is 46.6 Å². The molecule has 2 aromatic carbocycles.